The van der Waals surface area contributed by atoms with Crippen LogP contribution in [0.15, 0.2) is 5.29 Å². The lowest BCUT2D eigenvalue weighted by Crippen LogP contribution is -2.06. The molecule has 0 bridgehead atoms. The first-order chi connectivity index (χ1) is 4.02. The fourth-order valence-electron chi connectivity index (χ4n) is 0.0577. The molecular weight excluding hydrogens is 80.0 g/mol. The highest BCUT2D eigenvalue weighted by molar-refractivity contribution is 4.29. The van der Waals surface area contributed by atoms with E-state index in [4.69, 9.17) is 4.11 Å². The highest BCUT2D eigenvalue weighted by Gasteiger charge is 1.80. The van der Waals surface area contributed by atoms with E-state index in [1.165, 1.54) is 0 Å². The zero-order chi connectivity index (χ0) is 7.49. The zero-order valence-corrected chi connectivity index (χ0v) is 3.51. The van der Waals surface area contributed by atoms with Gasteiger partial charge in [-0.05, 0) is 6.92 Å². The summed E-state index contributed by atoms with van der Waals surface area (Å²) in [6.07, 6.45) is 0. The van der Waals surface area contributed by atoms with E-state index >= 15 is 0 Å². The maximum atomic E-state index is 9.70. The van der Waals surface area contributed by atoms with Crippen molar-refractivity contribution in [1.29, 1.82) is 0 Å². The summed E-state index contributed by atoms with van der Waals surface area (Å²) < 4.78 is 20.0. The monoisotopic (exact) mass is 91.1 g/mol. The van der Waals surface area contributed by atoms with E-state index in [1.54, 1.807) is 6.92 Å². The standard InChI is InChI=1S/C3H8N2O/c1-3-5(2)4-6/h3H2,1-2H3/i2D3. The van der Waals surface area contributed by atoms with E-state index < -0.39 is 6.98 Å². The zero-order valence-electron chi connectivity index (χ0n) is 6.51. The third-order valence-electron chi connectivity index (χ3n) is 0.398. The smallest absolute Gasteiger partial charge is 0.0521 e. The second-order valence-electron chi connectivity index (χ2n) is 0.797. The van der Waals surface area contributed by atoms with E-state index in [1.807, 2.05) is 0 Å². The molecule has 0 atom stereocenters. The molecule has 3 heteroatoms. The van der Waals surface area contributed by atoms with Gasteiger partial charge in [0.2, 0.25) is 0 Å². The highest BCUT2D eigenvalue weighted by atomic mass is 16.3. The number of nitrogens with zero attached hydrogens (tertiary/aromatic N) is 2. The molecule has 0 fully saturated rings. The Hall–Kier alpha value is -0.600. The van der Waals surface area contributed by atoms with Crippen LogP contribution in [0.25, 0.3) is 0 Å². The van der Waals surface area contributed by atoms with Crippen molar-refractivity contribution in [3.8, 4) is 0 Å². The third-order valence-corrected chi connectivity index (χ3v) is 0.398. The van der Waals surface area contributed by atoms with E-state index in [0.717, 1.165) is 0 Å². The van der Waals surface area contributed by atoms with Crippen LogP contribution in [0.3, 0.4) is 0 Å². The molecule has 0 saturated carbocycles. The molecule has 0 heterocycles. The molecule has 0 aromatic rings. The third kappa shape index (κ3) is 1.69. The molecule has 0 unspecified atom stereocenters. The van der Waals surface area contributed by atoms with Crippen molar-refractivity contribution in [2.45, 2.75) is 6.92 Å². The first kappa shape index (κ1) is 1.91. The van der Waals surface area contributed by atoms with Gasteiger partial charge < -0.3 is 0 Å². The second kappa shape index (κ2) is 2.63. The Labute approximate surface area is 41.1 Å². The van der Waals surface area contributed by atoms with Crippen LogP contribution in [0.1, 0.15) is 11.0 Å². The summed E-state index contributed by atoms with van der Waals surface area (Å²) in [4.78, 5) is 9.70. The van der Waals surface area contributed by atoms with Crippen LogP contribution < -0.4 is 0 Å². The van der Waals surface area contributed by atoms with Gasteiger partial charge in [0.05, 0.1) is 5.29 Å². The molecule has 0 aliphatic rings. The first-order valence-corrected chi connectivity index (χ1v) is 1.63. The lowest BCUT2D eigenvalue weighted by molar-refractivity contribution is 0.370. The summed E-state index contributed by atoms with van der Waals surface area (Å²) in [6.45, 7) is -0.718. The minimum Gasteiger partial charge on any atom is -0.264 e. The van der Waals surface area contributed by atoms with Crippen molar-refractivity contribution >= 4 is 0 Å². The van der Waals surface area contributed by atoms with Gasteiger partial charge in [-0.15, -0.1) is 4.91 Å². The van der Waals surface area contributed by atoms with Gasteiger partial charge in [-0.2, -0.15) is 0 Å². The SMILES string of the molecule is [2H]C([2H])([2H])N(CC)N=O. The second-order valence-corrected chi connectivity index (χ2v) is 0.797. The van der Waals surface area contributed by atoms with Crippen LogP contribution in [0.2, 0.25) is 0 Å². The van der Waals surface area contributed by atoms with Crippen molar-refractivity contribution < 1.29 is 4.11 Å². The molecule has 0 rings (SSSR count). The molecule has 0 N–H and O–H groups in total. The lowest BCUT2D eigenvalue weighted by Gasteiger charge is -1.99. The molecule has 3 nitrogen and oxygen atoms in total. The number of rotatable bonds is 2. The van der Waals surface area contributed by atoms with E-state index in [9.17, 15) is 4.91 Å². The predicted molar refractivity (Wildman–Crippen MR) is 24.1 cm³/mol. The molecule has 0 saturated heterocycles. The van der Waals surface area contributed by atoms with Gasteiger partial charge in [0.25, 0.3) is 0 Å². The van der Waals surface area contributed by atoms with E-state index in [0.29, 0.717) is 5.01 Å². The Balaban J connectivity index is 3.94. The van der Waals surface area contributed by atoms with Gasteiger partial charge in [0.1, 0.15) is 0 Å². The largest absolute Gasteiger partial charge is 0.264 e. The molecular formula is C3H8N2O. The average Bonchev–Trinajstić information content (AvgIpc) is 1.65. The highest BCUT2D eigenvalue weighted by Crippen LogP contribution is 1.74. The molecule has 0 aliphatic carbocycles. The van der Waals surface area contributed by atoms with Crippen molar-refractivity contribution in [2.24, 2.45) is 5.29 Å². The normalized spacial score (nSPS) is 17.2. The average molecular weight is 91.1 g/mol. The maximum absolute atomic E-state index is 9.70. The molecule has 6 heavy (non-hydrogen) atoms. The minimum absolute atomic E-state index is 0.111. The quantitative estimate of drug-likeness (QED) is 0.368. The number of hydrogen-bond acceptors (Lipinski definition) is 2. The molecule has 0 amide bonds. The maximum Gasteiger partial charge on any atom is 0.0521 e. The fourth-order valence-corrected chi connectivity index (χ4v) is 0.0577. The van der Waals surface area contributed by atoms with Crippen molar-refractivity contribution in [2.75, 3.05) is 13.5 Å². The topological polar surface area (TPSA) is 32.7 Å². The summed E-state index contributed by atoms with van der Waals surface area (Å²) in [5.41, 5.74) is 0. The summed E-state index contributed by atoms with van der Waals surface area (Å²) in [5.74, 6) is 0. The molecule has 0 radical (unpaired) electrons. The van der Waals surface area contributed by atoms with Crippen molar-refractivity contribution in [1.82, 2.24) is 5.01 Å². The number of nitroso groups, excluding NO2 is 1. The minimum atomic E-state index is -2.38. The van der Waals surface area contributed by atoms with Gasteiger partial charge in [0.15, 0.2) is 0 Å². The van der Waals surface area contributed by atoms with Crippen molar-refractivity contribution in [3.05, 3.63) is 4.91 Å². The van der Waals surface area contributed by atoms with Gasteiger partial charge in [-0.25, -0.2) is 0 Å². The Bertz CT molecular complexity index is 102. The van der Waals surface area contributed by atoms with Crippen LogP contribution in [-0.2, 0) is 0 Å². The Morgan fingerprint density at radius 2 is 2.83 bits per heavy atom. The van der Waals surface area contributed by atoms with Crippen LogP contribution in [0.4, 0.5) is 0 Å². The summed E-state index contributed by atoms with van der Waals surface area (Å²) in [5, 5.41) is 2.81. The van der Waals surface area contributed by atoms with Gasteiger partial charge in [0, 0.05) is 17.6 Å². The Morgan fingerprint density at radius 3 is 2.83 bits per heavy atom. The Morgan fingerprint density at radius 1 is 2.17 bits per heavy atom. The summed E-state index contributed by atoms with van der Waals surface area (Å²) >= 11 is 0. The summed E-state index contributed by atoms with van der Waals surface area (Å²) in [7, 11) is 0. The summed E-state index contributed by atoms with van der Waals surface area (Å²) in [6, 6.07) is 0. The van der Waals surface area contributed by atoms with Crippen molar-refractivity contribution in [3.63, 3.8) is 0 Å². The molecule has 0 aromatic heterocycles. The molecule has 0 spiro atoms. The predicted octanol–water partition coefficient (Wildman–Crippen LogP) is 0.620. The van der Waals surface area contributed by atoms with Crippen LogP contribution in [-0.4, -0.2) is 18.5 Å². The van der Waals surface area contributed by atoms with E-state index in [-0.39, 0.29) is 6.54 Å². The molecule has 0 aromatic carbocycles. The van der Waals surface area contributed by atoms with Crippen LogP contribution in [0.5, 0.6) is 0 Å². The van der Waals surface area contributed by atoms with E-state index in [2.05, 4.69) is 5.29 Å². The van der Waals surface area contributed by atoms with Gasteiger partial charge in [-0.1, -0.05) is 0 Å². The first-order valence-electron chi connectivity index (χ1n) is 3.13. The molecule has 0 aliphatic heterocycles. The number of hydrogen-bond donors (Lipinski definition) is 0. The lowest BCUT2D eigenvalue weighted by atomic mass is 10.8. The molecule has 36 valence electrons. The fraction of sp³-hybridized carbons (Fsp3) is 1.00. The Kier molecular flexibility index (Phi) is 0.836. The van der Waals surface area contributed by atoms with Gasteiger partial charge in [-0.3, -0.25) is 5.01 Å². The van der Waals surface area contributed by atoms with Gasteiger partial charge >= 0.3 is 0 Å². The van der Waals surface area contributed by atoms with Crippen LogP contribution >= 0.6 is 0 Å². The van der Waals surface area contributed by atoms with Crippen LogP contribution in [0, 0.1) is 4.91 Å².